The van der Waals surface area contributed by atoms with E-state index in [1.807, 2.05) is 26.0 Å². The number of nitrogen functional groups attached to an aromatic ring is 1. The lowest BCUT2D eigenvalue weighted by Gasteiger charge is -2.13. The fraction of sp³-hybridized carbons (Fsp3) is 0.462. The fourth-order valence-corrected chi connectivity index (χ4v) is 1.99. The van der Waals surface area contributed by atoms with Gasteiger partial charge in [0.05, 0.1) is 17.5 Å². The Morgan fingerprint density at radius 2 is 2.24 bits per heavy atom. The average Bonchev–Trinajstić information content (AvgIpc) is 2.70. The van der Waals surface area contributed by atoms with Gasteiger partial charge in [0.25, 0.3) is 5.91 Å². The summed E-state index contributed by atoms with van der Waals surface area (Å²) in [6, 6.07) is 5.58. The molecule has 2 rings (SSSR count). The van der Waals surface area contributed by atoms with Crippen LogP contribution in [0.15, 0.2) is 18.2 Å². The molecule has 0 saturated carbocycles. The van der Waals surface area contributed by atoms with E-state index in [2.05, 4.69) is 5.32 Å². The van der Waals surface area contributed by atoms with Crippen LogP contribution in [0, 0.1) is 6.92 Å². The Balaban J connectivity index is 2.05. The minimum absolute atomic E-state index is 0.105. The molecule has 0 bridgehead atoms. The fourth-order valence-electron chi connectivity index (χ4n) is 1.99. The first-order valence-electron chi connectivity index (χ1n) is 5.88. The Morgan fingerprint density at radius 1 is 1.47 bits per heavy atom. The van der Waals surface area contributed by atoms with Crippen LogP contribution in [0.4, 0.5) is 11.4 Å². The minimum Gasteiger partial charge on any atom is -0.397 e. The number of carbonyl (C=O) groups excluding carboxylic acids is 1. The number of aryl methyl sites for hydroxylation is 1. The minimum atomic E-state index is -0.343. The molecule has 1 amide bonds. The first kappa shape index (κ1) is 11.9. The van der Waals surface area contributed by atoms with Crippen molar-refractivity contribution in [2.75, 3.05) is 11.1 Å². The third-order valence-electron chi connectivity index (χ3n) is 2.99. The van der Waals surface area contributed by atoms with E-state index in [1.54, 1.807) is 6.07 Å². The van der Waals surface area contributed by atoms with Crippen molar-refractivity contribution in [2.24, 2.45) is 0 Å². The zero-order valence-corrected chi connectivity index (χ0v) is 10.2. The van der Waals surface area contributed by atoms with Crippen LogP contribution in [0.2, 0.25) is 0 Å². The molecular formula is C13H18N2O2. The van der Waals surface area contributed by atoms with Gasteiger partial charge in [-0.15, -0.1) is 0 Å². The van der Waals surface area contributed by atoms with Crippen LogP contribution >= 0.6 is 0 Å². The predicted molar refractivity (Wildman–Crippen MR) is 67.8 cm³/mol. The van der Waals surface area contributed by atoms with Gasteiger partial charge < -0.3 is 15.8 Å². The first-order chi connectivity index (χ1) is 8.06. The molecule has 4 heteroatoms. The second-order valence-electron chi connectivity index (χ2n) is 4.59. The van der Waals surface area contributed by atoms with Gasteiger partial charge in [-0.25, -0.2) is 0 Å². The number of carbonyl (C=O) groups is 1. The molecule has 4 nitrogen and oxygen atoms in total. The first-order valence-corrected chi connectivity index (χ1v) is 5.88. The van der Waals surface area contributed by atoms with E-state index in [9.17, 15) is 4.79 Å². The SMILES string of the molecule is Cc1ccc(N)c(NC(=O)C2CCC(C)O2)c1. The highest BCUT2D eigenvalue weighted by atomic mass is 16.5. The second kappa shape index (κ2) is 4.75. The monoisotopic (exact) mass is 234 g/mol. The lowest BCUT2D eigenvalue weighted by atomic mass is 10.1. The van der Waals surface area contributed by atoms with Gasteiger partial charge in [-0.3, -0.25) is 4.79 Å². The Labute approximate surface area is 101 Å². The Bertz CT molecular complexity index is 431. The normalized spacial score (nSPS) is 23.6. The zero-order valence-electron chi connectivity index (χ0n) is 10.2. The molecule has 92 valence electrons. The average molecular weight is 234 g/mol. The summed E-state index contributed by atoms with van der Waals surface area (Å²) in [7, 11) is 0. The van der Waals surface area contributed by atoms with Crippen molar-refractivity contribution in [3.8, 4) is 0 Å². The molecule has 1 aromatic rings. The number of nitrogens with two attached hydrogens (primary N) is 1. The van der Waals surface area contributed by atoms with Gasteiger partial charge in [0, 0.05) is 0 Å². The van der Waals surface area contributed by atoms with Crippen LogP contribution in [-0.2, 0) is 9.53 Å². The van der Waals surface area contributed by atoms with Crippen LogP contribution in [0.3, 0.4) is 0 Å². The highest BCUT2D eigenvalue weighted by molar-refractivity contribution is 5.97. The summed E-state index contributed by atoms with van der Waals surface area (Å²) in [6.07, 6.45) is 1.53. The molecule has 1 fully saturated rings. The molecule has 0 radical (unpaired) electrons. The number of hydrogen-bond acceptors (Lipinski definition) is 3. The van der Waals surface area contributed by atoms with Crippen LogP contribution in [0.1, 0.15) is 25.3 Å². The van der Waals surface area contributed by atoms with Gasteiger partial charge in [-0.1, -0.05) is 6.07 Å². The zero-order chi connectivity index (χ0) is 12.4. The van der Waals surface area contributed by atoms with Crippen molar-refractivity contribution in [3.05, 3.63) is 23.8 Å². The molecule has 0 aliphatic carbocycles. The Kier molecular flexibility index (Phi) is 3.33. The molecule has 17 heavy (non-hydrogen) atoms. The van der Waals surface area contributed by atoms with E-state index in [0.717, 1.165) is 18.4 Å². The molecule has 3 N–H and O–H groups in total. The summed E-state index contributed by atoms with van der Waals surface area (Å²) in [5, 5.41) is 2.82. The molecule has 0 spiro atoms. The summed E-state index contributed by atoms with van der Waals surface area (Å²) < 4.78 is 5.51. The van der Waals surface area contributed by atoms with Gasteiger partial charge in [-0.2, -0.15) is 0 Å². The van der Waals surface area contributed by atoms with Gasteiger partial charge in [-0.05, 0) is 44.4 Å². The van der Waals surface area contributed by atoms with E-state index in [0.29, 0.717) is 11.4 Å². The maximum absolute atomic E-state index is 11.9. The van der Waals surface area contributed by atoms with E-state index < -0.39 is 0 Å². The third-order valence-corrected chi connectivity index (χ3v) is 2.99. The largest absolute Gasteiger partial charge is 0.397 e. The van der Waals surface area contributed by atoms with Crippen LogP contribution < -0.4 is 11.1 Å². The van der Waals surface area contributed by atoms with Crippen LogP contribution in [-0.4, -0.2) is 18.1 Å². The Morgan fingerprint density at radius 3 is 2.88 bits per heavy atom. The van der Waals surface area contributed by atoms with E-state index in [-0.39, 0.29) is 18.1 Å². The van der Waals surface area contributed by atoms with Crippen LogP contribution in [0.25, 0.3) is 0 Å². The van der Waals surface area contributed by atoms with Gasteiger partial charge in [0.1, 0.15) is 6.10 Å². The molecule has 0 aromatic heterocycles. The van der Waals surface area contributed by atoms with E-state index in [4.69, 9.17) is 10.5 Å². The topological polar surface area (TPSA) is 64.3 Å². The summed E-state index contributed by atoms with van der Waals surface area (Å²) in [4.78, 5) is 11.9. The van der Waals surface area contributed by atoms with Crippen molar-refractivity contribution in [1.82, 2.24) is 0 Å². The molecule has 1 aliphatic rings. The Hall–Kier alpha value is -1.55. The second-order valence-corrected chi connectivity index (χ2v) is 4.59. The van der Waals surface area contributed by atoms with E-state index >= 15 is 0 Å². The number of rotatable bonds is 2. The number of ether oxygens (including phenoxy) is 1. The summed E-state index contributed by atoms with van der Waals surface area (Å²) in [5.41, 5.74) is 8.12. The maximum atomic E-state index is 11.9. The highest BCUT2D eigenvalue weighted by Crippen LogP contribution is 2.23. The lowest BCUT2D eigenvalue weighted by molar-refractivity contribution is -0.126. The third kappa shape index (κ3) is 2.77. The van der Waals surface area contributed by atoms with Gasteiger partial charge in [0.15, 0.2) is 0 Å². The summed E-state index contributed by atoms with van der Waals surface area (Å²) in [6.45, 7) is 3.94. The number of nitrogens with one attached hydrogen (secondary N) is 1. The summed E-state index contributed by atoms with van der Waals surface area (Å²) in [5.74, 6) is -0.105. The van der Waals surface area contributed by atoms with Crippen molar-refractivity contribution < 1.29 is 9.53 Å². The quantitative estimate of drug-likeness (QED) is 0.770. The van der Waals surface area contributed by atoms with Crippen molar-refractivity contribution in [1.29, 1.82) is 0 Å². The van der Waals surface area contributed by atoms with Gasteiger partial charge >= 0.3 is 0 Å². The molecule has 1 saturated heterocycles. The maximum Gasteiger partial charge on any atom is 0.253 e. The lowest BCUT2D eigenvalue weighted by Crippen LogP contribution is -2.28. The summed E-state index contributed by atoms with van der Waals surface area (Å²) >= 11 is 0. The molecule has 2 atom stereocenters. The molecular weight excluding hydrogens is 216 g/mol. The number of anilines is 2. The van der Waals surface area contributed by atoms with Crippen molar-refractivity contribution in [3.63, 3.8) is 0 Å². The molecule has 1 heterocycles. The van der Waals surface area contributed by atoms with Crippen LogP contribution in [0.5, 0.6) is 0 Å². The van der Waals surface area contributed by atoms with Crippen molar-refractivity contribution in [2.45, 2.75) is 38.9 Å². The number of amides is 1. The molecule has 2 unspecified atom stereocenters. The molecule has 1 aliphatic heterocycles. The van der Waals surface area contributed by atoms with E-state index in [1.165, 1.54) is 0 Å². The standard InChI is InChI=1S/C13H18N2O2/c1-8-3-5-10(14)11(7-8)15-13(16)12-6-4-9(2)17-12/h3,5,7,9,12H,4,6,14H2,1-2H3,(H,15,16). The van der Waals surface area contributed by atoms with Gasteiger partial charge in [0.2, 0.25) is 0 Å². The predicted octanol–water partition coefficient (Wildman–Crippen LogP) is 2.08. The number of hydrogen-bond donors (Lipinski definition) is 2. The number of benzene rings is 1. The smallest absolute Gasteiger partial charge is 0.253 e. The molecule has 1 aromatic carbocycles. The van der Waals surface area contributed by atoms with Crippen molar-refractivity contribution >= 4 is 17.3 Å². The highest BCUT2D eigenvalue weighted by Gasteiger charge is 2.28.